The van der Waals surface area contributed by atoms with Gasteiger partial charge in [-0.2, -0.15) is 0 Å². The number of nitrogens with zero attached hydrogens (tertiary/aromatic N) is 1. The van der Waals surface area contributed by atoms with E-state index in [2.05, 4.69) is 0 Å². The van der Waals surface area contributed by atoms with Crippen LogP contribution in [0, 0.1) is 5.82 Å². The summed E-state index contributed by atoms with van der Waals surface area (Å²) in [5.74, 6) is -0.247. The highest BCUT2D eigenvalue weighted by Gasteiger charge is 2.31. The van der Waals surface area contributed by atoms with Crippen LogP contribution in [0.3, 0.4) is 0 Å². The third-order valence-corrected chi connectivity index (χ3v) is 2.91. The molecule has 0 saturated heterocycles. The van der Waals surface area contributed by atoms with Crippen LogP contribution in [0.4, 0.5) is 4.39 Å². The van der Waals surface area contributed by atoms with E-state index in [1.54, 1.807) is 23.1 Å². The van der Waals surface area contributed by atoms with Crippen molar-refractivity contribution in [2.24, 2.45) is 5.73 Å². The maximum Gasteiger partial charge on any atom is 0.236 e. The van der Waals surface area contributed by atoms with Gasteiger partial charge in [-0.3, -0.25) is 4.79 Å². The third-order valence-electron chi connectivity index (χ3n) is 2.91. The first kappa shape index (κ1) is 12.8. The molecule has 4 nitrogen and oxygen atoms in total. The SMILES string of the molecule is NCC(=O)N(CCOc1ccccc1F)C1CC1. The zero-order valence-corrected chi connectivity index (χ0v) is 10.1. The molecule has 0 aromatic heterocycles. The van der Waals surface area contributed by atoms with Crippen molar-refractivity contribution in [2.45, 2.75) is 18.9 Å². The molecule has 5 heteroatoms. The summed E-state index contributed by atoms with van der Waals surface area (Å²) in [6.45, 7) is 0.744. The van der Waals surface area contributed by atoms with Crippen LogP contribution in [0.25, 0.3) is 0 Å². The summed E-state index contributed by atoms with van der Waals surface area (Å²) in [6.07, 6.45) is 2.04. The monoisotopic (exact) mass is 252 g/mol. The molecule has 0 heterocycles. The Morgan fingerprint density at radius 3 is 2.78 bits per heavy atom. The second kappa shape index (κ2) is 5.82. The van der Waals surface area contributed by atoms with Crippen LogP contribution in [-0.2, 0) is 4.79 Å². The lowest BCUT2D eigenvalue weighted by Gasteiger charge is -2.21. The van der Waals surface area contributed by atoms with Crippen molar-refractivity contribution >= 4 is 5.91 Å². The van der Waals surface area contributed by atoms with Crippen molar-refractivity contribution in [3.63, 3.8) is 0 Å². The molecule has 1 aromatic carbocycles. The average Bonchev–Trinajstić information content (AvgIpc) is 3.20. The largest absolute Gasteiger partial charge is 0.489 e. The molecule has 0 bridgehead atoms. The molecule has 18 heavy (non-hydrogen) atoms. The molecule has 2 N–H and O–H groups in total. The molecule has 1 saturated carbocycles. The normalized spacial score (nSPS) is 14.3. The van der Waals surface area contributed by atoms with Crippen molar-refractivity contribution in [1.82, 2.24) is 4.90 Å². The average molecular weight is 252 g/mol. The Labute approximate surface area is 106 Å². The van der Waals surface area contributed by atoms with E-state index in [0.717, 1.165) is 12.8 Å². The summed E-state index contributed by atoms with van der Waals surface area (Å²) in [4.78, 5) is 13.3. The summed E-state index contributed by atoms with van der Waals surface area (Å²) in [6, 6.07) is 6.53. The van der Waals surface area contributed by atoms with Gasteiger partial charge in [-0.15, -0.1) is 0 Å². The quantitative estimate of drug-likeness (QED) is 0.826. The second-order valence-electron chi connectivity index (χ2n) is 4.30. The molecule has 2 rings (SSSR count). The van der Waals surface area contributed by atoms with Gasteiger partial charge in [0.25, 0.3) is 0 Å². The maximum absolute atomic E-state index is 13.3. The van der Waals surface area contributed by atoms with E-state index in [1.807, 2.05) is 0 Å². The summed E-state index contributed by atoms with van der Waals surface area (Å²) in [7, 11) is 0. The van der Waals surface area contributed by atoms with Crippen LogP contribution in [0.5, 0.6) is 5.75 Å². The third kappa shape index (κ3) is 3.20. The van der Waals surface area contributed by atoms with Gasteiger partial charge in [0.1, 0.15) is 6.61 Å². The van der Waals surface area contributed by atoms with Gasteiger partial charge >= 0.3 is 0 Å². The molecule has 0 unspecified atom stereocenters. The summed E-state index contributed by atoms with van der Waals surface area (Å²) in [5.41, 5.74) is 5.35. The minimum atomic E-state index is -0.388. The molecule has 1 aliphatic carbocycles. The van der Waals surface area contributed by atoms with Gasteiger partial charge in [0.15, 0.2) is 11.6 Å². The van der Waals surface area contributed by atoms with Crippen LogP contribution >= 0.6 is 0 Å². The highest BCUT2D eigenvalue weighted by Crippen LogP contribution is 2.26. The summed E-state index contributed by atoms with van der Waals surface area (Å²) in [5, 5.41) is 0. The number of carbonyl (C=O) groups is 1. The maximum atomic E-state index is 13.3. The number of rotatable bonds is 6. The number of benzene rings is 1. The second-order valence-corrected chi connectivity index (χ2v) is 4.30. The first-order valence-corrected chi connectivity index (χ1v) is 6.09. The van der Waals surface area contributed by atoms with E-state index >= 15 is 0 Å². The van der Waals surface area contributed by atoms with Gasteiger partial charge in [0, 0.05) is 6.04 Å². The van der Waals surface area contributed by atoms with Crippen LogP contribution in [0.15, 0.2) is 24.3 Å². The van der Waals surface area contributed by atoms with Gasteiger partial charge in [-0.05, 0) is 25.0 Å². The van der Waals surface area contributed by atoms with Crippen LogP contribution in [0.2, 0.25) is 0 Å². The number of halogens is 1. The molecule has 0 aliphatic heterocycles. The van der Waals surface area contributed by atoms with E-state index in [0.29, 0.717) is 12.6 Å². The van der Waals surface area contributed by atoms with Crippen molar-refractivity contribution in [2.75, 3.05) is 19.7 Å². The van der Waals surface area contributed by atoms with Crippen LogP contribution in [0.1, 0.15) is 12.8 Å². The fourth-order valence-corrected chi connectivity index (χ4v) is 1.83. The van der Waals surface area contributed by atoms with Crippen LogP contribution in [-0.4, -0.2) is 36.5 Å². The minimum absolute atomic E-state index is 0.0101. The minimum Gasteiger partial charge on any atom is -0.489 e. The number of carbonyl (C=O) groups excluding carboxylic acids is 1. The Kier molecular flexibility index (Phi) is 4.15. The Morgan fingerprint density at radius 1 is 1.44 bits per heavy atom. The van der Waals surface area contributed by atoms with E-state index in [1.165, 1.54) is 6.07 Å². The number of hydrogen-bond donors (Lipinski definition) is 1. The Balaban J connectivity index is 1.83. The molecule has 1 aromatic rings. The van der Waals surface area contributed by atoms with Gasteiger partial charge in [-0.25, -0.2) is 4.39 Å². The van der Waals surface area contributed by atoms with E-state index in [-0.39, 0.29) is 30.6 Å². The lowest BCUT2D eigenvalue weighted by atomic mass is 10.3. The zero-order valence-electron chi connectivity index (χ0n) is 10.1. The molecule has 0 spiro atoms. The van der Waals surface area contributed by atoms with E-state index in [9.17, 15) is 9.18 Å². The summed E-state index contributed by atoms with van der Waals surface area (Å²) >= 11 is 0. The lowest BCUT2D eigenvalue weighted by Crippen LogP contribution is -2.40. The van der Waals surface area contributed by atoms with Gasteiger partial charge in [0.2, 0.25) is 5.91 Å². The highest BCUT2D eigenvalue weighted by molar-refractivity contribution is 5.78. The fourth-order valence-electron chi connectivity index (χ4n) is 1.83. The van der Waals surface area contributed by atoms with Gasteiger partial charge in [0.05, 0.1) is 13.1 Å². The highest BCUT2D eigenvalue weighted by atomic mass is 19.1. The molecule has 1 fully saturated rings. The topological polar surface area (TPSA) is 55.6 Å². The van der Waals surface area contributed by atoms with Crippen molar-refractivity contribution in [3.8, 4) is 5.75 Å². The van der Waals surface area contributed by atoms with E-state index < -0.39 is 0 Å². The molecule has 98 valence electrons. The number of hydrogen-bond acceptors (Lipinski definition) is 3. The van der Waals surface area contributed by atoms with Gasteiger partial charge in [-0.1, -0.05) is 12.1 Å². The number of amides is 1. The van der Waals surface area contributed by atoms with Crippen molar-refractivity contribution in [3.05, 3.63) is 30.1 Å². The van der Waals surface area contributed by atoms with E-state index in [4.69, 9.17) is 10.5 Å². The first-order chi connectivity index (χ1) is 8.72. The number of ether oxygens (including phenoxy) is 1. The lowest BCUT2D eigenvalue weighted by molar-refractivity contribution is -0.130. The molecule has 0 atom stereocenters. The Bertz CT molecular complexity index is 421. The van der Waals surface area contributed by atoms with Crippen LogP contribution < -0.4 is 10.5 Å². The molecule has 1 amide bonds. The molecule has 1 aliphatic rings. The summed E-state index contributed by atoms with van der Waals surface area (Å²) < 4.78 is 18.6. The Morgan fingerprint density at radius 2 is 2.17 bits per heavy atom. The Hall–Kier alpha value is -1.62. The smallest absolute Gasteiger partial charge is 0.236 e. The van der Waals surface area contributed by atoms with Gasteiger partial charge < -0.3 is 15.4 Å². The van der Waals surface area contributed by atoms with Crippen molar-refractivity contribution < 1.29 is 13.9 Å². The number of para-hydroxylation sites is 1. The zero-order chi connectivity index (χ0) is 13.0. The molecular formula is C13H17FN2O2. The molecule has 0 radical (unpaired) electrons. The van der Waals surface area contributed by atoms with Crippen molar-refractivity contribution in [1.29, 1.82) is 0 Å². The first-order valence-electron chi connectivity index (χ1n) is 6.09. The standard InChI is InChI=1S/C13H17FN2O2/c14-11-3-1-2-4-12(11)18-8-7-16(10-5-6-10)13(17)9-15/h1-4,10H,5-9,15H2. The number of nitrogens with two attached hydrogens (primary N) is 1. The predicted molar refractivity (Wildman–Crippen MR) is 65.7 cm³/mol. The predicted octanol–water partition coefficient (Wildman–Crippen LogP) is 1.15. The molecular weight excluding hydrogens is 235 g/mol. The fraction of sp³-hybridized carbons (Fsp3) is 0.462.